The van der Waals surface area contributed by atoms with Gasteiger partial charge in [0.1, 0.15) is 5.01 Å². The minimum absolute atomic E-state index is 0.207. The van der Waals surface area contributed by atoms with Gasteiger partial charge in [-0.25, -0.2) is 4.98 Å². The molecule has 0 aliphatic carbocycles. The number of fused-ring (bicyclic) bond motifs is 1. The quantitative estimate of drug-likeness (QED) is 0.794. The predicted molar refractivity (Wildman–Crippen MR) is 78.0 cm³/mol. The number of aromatic nitrogens is 1. The molecule has 1 amide bonds. The lowest BCUT2D eigenvalue weighted by molar-refractivity contribution is -0.117. The van der Waals surface area contributed by atoms with Gasteiger partial charge in [-0.3, -0.25) is 4.79 Å². The van der Waals surface area contributed by atoms with Gasteiger partial charge in [0.2, 0.25) is 5.91 Å². The van der Waals surface area contributed by atoms with E-state index >= 15 is 0 Å². The predicted octanol–water partition coefficient (Wildman–Crippen LogP) is 2.99. The number of thiazole rings is 1. The van der Waals surface area contributed by atoms with Crippen LogP contribution in [0.5, 0.6) is 0 Å². The summed E-state index contributed by atoms with van der Waals surface area (Å²) in [4.78, 5) is 15.3. The van der Waals surface area contributed by atoms with Crippen LogP contribution < -0.4 is 5.73 Å². The molecular weight excluding hydrogens is 256 g/mol. The lowest BCUT2D eigenvalue weighted by Gasteiger charge is -2.00. The van der Waals surface area contributed by atoms with Crippen molar-refractivity contribution in [3.05, 3.63) is 52.9 Å². The molecule has 0 spiro atoms. The van der Waals surface area contributed by atoms with Gasteiger partial charge in [-0.2, -0.15) is 0 Å². The normalized spacial score (nSPS) is 10.7. The molecule has 2 N–H and O–H groups in total. The SMILES string of the molecule is NC(=O)Cc1nc(-c2ccc3ccccc3c2)cs1. The van der Waals surface area contributed by atoms with Gasteiger partial charge in [-0.15, -0.1) is 11.3 Å². The Labute approximate surface area is 114 Å². The van der Waals surface area contributed by atoms with Gasteiger partial charge in [-0.1, -0.05) is 36.4 Å². The van der Waals surface area contributed by atoms with E-state index in [1.54, 1.807) is 0 Å². The first-order chi connectivity index (χ1) is 9.22. The Balaban J connectivity index is 1.99. The van der Waals surface area contributed by atoms with Crippen molar-refractivity contribution in [2.24, 2.45) is 5.73 Å². The van der Waals surface area contributed by atoms with E-state index in [4.69, 9.17) is 5.73 Å². The number of rotatable bonds is 3. The van der Waals surface area contributed by atoms with E-state index in [2.05, 4.69) is 29.2 Å². The van der Waals surface area contributed by atoms with Gasteiger partial charge in [-0.05, 0) is 16.8 Å². The van der Waals surface area contributed by atoms with E-state index in [9.17, 15) is 4.79 Å². The largest absolute Gasteiger partial charge is 0.369 e. The Hall–Kier alpha value is -2.20. The highest BCUT2D eigenvalue weighted by atomic mass is 32.1. The molecule has 19 heavy (non-hydrogen) atoms. The van der Waals surface area contributed by atoms with Crippen molar-refractivity contribution in [1.29, 1.82) is 0 Å². The first-order valence-corrected chi connectivity index (χ1v) is 6.82. The van der Waals surface area contributed by atoms with Gasteiger partial charge < -0.3 is 5.73 Å². The smallest absolute Gasteiger partial charge is 0.224 e. The number of amides is 1. The fraction of sp³-hybridized carbons (Fsp3) is 0.0667. The zero-order valence-electron chi connectivity index (χ0n) is 10.2. The molecule has 0 aliphatic rings. The lowest BCUT2D eigenvalue weighted by Crippen LogP contribution is -2.13. The molecule has 3 nitrogen and oxygen atoms in total. The van der Waals surface area contributed by atoms with Crippen molar-refractivity contribution in [3.63, 3.8) is 0 Å². The van der Waals surface area contributed by atoms with Gasteiger partial charge in [0.15, 0.2) is 0 Å². The third-order valence-electron chi connectivity index (χ3n) is 2.92. The maximum atomic E-state index is 10.9. The number of benzene rings is 2. The molecule has 3 rings (SSSR count). The number of primary amides is 1. The van der Waals surface area contributed by atoms with Crippen LogP contribution >= 0.6 is 11.3 Å². The molecule has 4 heteroatoms. The van der Waals surface area contributed by atoms with E-state index in [1.165, 1.54) is 22.1 Å². The van der Waals surface area contributed by atoms with Crippen molar-refractivity contribution >= 4 is 28.0 Å². The second kappa shape index (κ2) is 4.82. The van der Waals surface area contributed by atoms with Crippen molar-refractivity contribution in [1.82, 2.24) is 4.98 Å². The number of nitrogens with two attached hydrogens (primary N) is 1. The lowest BCUT2D eigenvalue weighted by atomic mass is 10.1. The van der Waals surface area contributed by atoms with Crippen molar-refractivity contribution in [2.75, 3.05) is 0 Å². The van der Waals surface area contributed by atoms with E-state index in [1.807, 2.05) is 23.6 Å². The highest BCUT2D eigenvalue weighted by Crippen LogP contribution is 2.25. The molecule has 0 radical (unpaired) electrons. The van der Waals surface area contributed by atoms with Crippen LogP contribution in [0.4, 0.5) is 0 Å². The summed E-state index contributed by atoms with van der Waals surface area (Å²) in [5.41, 5.74) is 7.13. The molecule has 0 unspecified atom stereocenters. The van der Waals surface area contributed by atoms with E-state index in [0.717, 1.165) is 16.3 Å². The summed E-state index contributed by atoms with van der Waals surface area (Å²) in [5.74, 6) is -0.348. The van der Waals surface area contributed by atoms with Gasteiger partial charge in [0.25, 0.3) is 0 Å². The average Bonchev–Trinajstić information content (AvgIpc) is 2.86. The maximum absolute atomic E-state index is 10.9. The summed E-state index contributed by atoms with van der Waals surface area (Å²) < 4.78 is 0. The molecule has 0 saturated heterocycles. The Morgan fingerprint density at radius 3 is 2.74 bits per heavy atom. The second-order valence-electron chi connectivity index (χ2n) is 4.33. The molecule has 3 aromatic rings. The fourth-order valence-corrected chi connectivity index (χ4v) is 2.84. The van der Waals surface area contributed by atoms with Crippen LogP contribution in [-0.2, 0) is 11.2 Å². The summed E-state index contributed by atoms with van der Waals surface area (Å²) in [5, 5.41) is 5.11. The van der Waals surface area contributed by atoms with Crippen LogP contribution in [0, 0.1) is 0 Å². The van der Waals surface area contributed by atoms with E-state index < -0.39 is 0 Å². The number of hydrogen-bond acceptors (Lipinski definition) is 3. The average molecular weight is 268 g/mol. The van der Waals surface area contributed by atoms with Gasteiger partial charge in [0, 0.05) is 10.9 Å². The minimum Gasteiger partial charge on any atom is -0.369 e. The molecule has 0 atom stereocenters. The molecule has 1 aromatic heterocycles. The Kier molecular flexibility index (Phi) is 3.01. The molecule has 0 aliphatic heterocycles. The van der Waals surface area contributed by atoms with Crippen LogP contribution in [0.3, 0.4) is 0 Å². The van der Waals surface area contributed by atoms with Crippen LogP contribution in [0.1, 0.15) is 5.01 Å². The fourth-order valence-electron chi connectivity index (χ4n) is 2.02. The number of carbonyl (C=O) groups excluding carboxylic acids is 1. The van der Waals surface area contributed by atoms with Crippen molar-refractivity contribution in [2.45, 2.75) is 6.42 Å². The highest BCUT2D eigenvalue weighted by molar-refractivity contribution is 7.10. The first kappa shape index (κ1) is 11.9. The van der Waals surface area contributed by atoms with Crippen LogP contribution in [0.15, 0.2) is 47.8 Å². The number of hydrogen-bond donors (Lipinski definition) is 1. The Morgan fingerprint density at radius 1 is 1.16 bits per heavy atom. The molecule has 0 fully saturated rings. The molecular formula is C15H12N2OS. The van der Waals surface area contributed by atoms with Gasteiger partial charge >= 0.3 is 0 Å². The number of carbonyl (C=O) groups is 1. The number of nitrogens with zero attached hydrogens (tertiary/aromatic N) is 1. The first-order valence-electron chi connectivity index (χ1n) is 5.94. The summed E-state index contributed by atoms with van der Waals surface area (Å²) in [6.07, 6.45) is 0.207. The van der Waals surface area contributed by atoms with Crippen LogP contribution in [0.25, 0.3) is 22.0 Å². The molecule has 1 heterocycles. The maximum Gasteiger partial charge on any atom is 0.224 e. The highest BCUT2D eigenvalue weighted by Gasteiger charge is 2.07. The van der Waals surface area contributed by atoms with Gasteiger partial charge in [0.05, 0.1) is 12.1 Å². The molecule has 2 aromatic carbocycles. The third kappa shape index (κ3) is 2.48. The summed E-state index contributed by atoms with van der Waals surface area (Å²) >= 11 is 1.47. The Bertz CT molecular complexity index is 748. The molecule has 94 valence electrons. The zero-order valence-corrected chi connectivity index (χ0v) is 11.0. The Morgan fingerprint density at radius 2 is 1.95 bits per heavy atom. The second-order valence-corrected chi connectivity index (χ2v) is 5.27. The minimum atomic E-state index is -0.348. The summed E-state index contributed by atoms with van der Waals surface area (Å²) in [7, 11) is 0. The summed E-state index contributed by atoms with van der Waals surface area (Å²) in [6, 6.07) is 14.4. The monoisotopic (exact) mass is 268 g/mol. The van der Waals surface area contributed by atoms with E-state index in [-0.39, 0.29) is 12.3 Å². The standard InChI is InChI=1S/C15H12N2OS/c16-14(18)8-15-17-13(9-19-15)12-6-5-10-3-1-2-4-11(10)7-12/h1-7,9H,8H2,(H2,16,18). The molecule has 0 saturated carbocycles. The topological polar surface area (TPSA) is 56.0 Å². The van der Waals surface area contributed by atoms with Crippen LogP contribution in [0.2, 0.25) is 0 Å². The van der Waals surface area contributed by atoms with Crippen molar-refractivity contribution < 1.29 is 4.79 Å². The third-order valence-corrected chi connectivity index (χ3v) is 3.77. The zero-order chi connectivity index (χ0) is 13.2. The van der Waals surface area contributed by atoms with Crippen molar-refractivity contribution in [3.8, 4) is 11.3 Å². The van der Waals surface area contributed by atoms with Crippen LogP contribution in [-0.4, -0.2) is 10.9 Å². The summed E-state index contributed by atoms with van der Waals surface area (Å²) in [6.45, 7) is 0. The molecule has 0 bridgehead atoms. The van der Waals surface area contributed by atoms with E-state index in [0.29, 0.717) is 0 Å².